The van der Waals surface area contributed by atoms with Crippen LogP contribution in [0.2, 0.25) is 10.0 Å². The van der Waals surface area contributed by atoms with Crippen LogP contribution in [0.4, 0.5) is 5.69 Å². The van der Waals surface area contributed by atoms with Gasteiger partial charge >= 0.3 is 0 Å². The molecule has 0 aliphatic heterocycles. The minimum absolute atomic E-state index is 0.206. The summed E-state index contributed by atoms with van der Waals surface area (Å²) in [6, 6.07) is 4.44. The fraction of sp³-hybridized carbons (Fsp3) is 0.250. The Kier molecular flexibility index (Phi) is 4.21. The van der Waals surface area contributed by atoms with E-state index in [0.717, 1.165) is 0 Å². The number of rotatable bonds is 4. The number of aliphatic hydroxyl groups is 1. The molecule has 2 N–H and O–H groups in total. The largest absolute Gasteiger partial charge is 0.395 e. The molecule has 0 aromatic heterocycles. The highest BCUT2D eigenvalue weighted by Crippen LogP contribution is 2.26. The van der Waals surface area contributed by atoms with Gasteiger partial charge in [0.1, 0.15) is 0 Å². The van der Waals surface area contributed by atoms with Gasteiger partial charge in [-0.1, -0.05) is 23.2 Å². The monoisotopic (exact) mass is 269 g/mol. The van der Waals surface area contributed by atoms with Crippen molar-refractivity contribution in [3.8, 4) is 0 Å². The summed E-state index contributed by atoms with van der Waals surface area (Å²) in [6.45, 7) is -0.451. The van der Waals surface area contributed by atoms with Gasteiger partial charge in [0.25, 0.3) is 0 Å². The molecule has 0 unspecified atom stereocenters. The summed E-state index contributed by atoms with van der Waals surface area (Å²) in [5.74, 6) is -0.379. The Bertz CT molecular complexity index is 447. The molecule has 0 heterocycles. The van der Waals surface area contributed by atoms with Gasteiger partial charge in [-0.3, -0.25) is 4.72 Å². The van der Waals surface area contributed by atoms with Crippen LogP contribution in [0.1, 0.15) is 0 Å². The second kappa shape index (κ2) is 5.03. The number of nitrogens with one attached hydrogen (secondary N) is 1. The molecular weight excluding hydrogens is 261 g/mol. The van der Waals surface area contributed by atoms with Gasteiger partial charge in [0.05, 0.1) is 23.1 Å². The van der Waals surface area contributed by atoms with Crippen molar-refractivity contribution in [1.82, 2.24) is 0 Å². The molecule has 0 radical (unpaired) electrons. The Balaban J connectivity index is 2.94. The van der Waals surface area contributed by atoms with E-state index in [1.807, 2.05) is 0 Å². The molecule has 0 fully saturated rings. The first-order valence-corrected chi connectivity index (χ1v) is 6.42. The molecule has 7 heteroatoms. The molecule has 1 aromatic rings. The first-order valence-electron chi connectivity index (χ1n) is 4.01. The van der Waals surface area contributed by atoms with Gasteiger partial charge in [0, 0.05) is 5.02 Å². The zero-order valence-electron chi connectivity index (χ0n) is 7.57. The summed E-state index contributed by atoms with van der Waals surface area (Å²) < 4.78 is 24.8. The number of halogens is 2. The van der Waals surface area contributed by atoms with Gasteiger partial charge in [-0.05, 0) is 18.2 Å². The fourth-order valence-corrected chi connectivity index (χ4v) is 2.15. The summed E-state index contributed by atoms with van der Waals surface area (Å²) in [5.41, 5.74) is 0.206. The quantitative estimate of drug-likeness (QED) is 0.875. The maximum atomic E-state index is 11.3. The van der Waals surface area contributed by atoms with E-state index in [-0.39, 0.29) is 16.5 Å². The van der Waals surface area contributed by atoms with Gasteiger partial charge in [0.2, 0.25) is 10.0 Å². The summed E-state index contributed by atoms with van der Waals surface area (Å²) in [4.78, 5) is 0. The molecule has 1 rings (SSSR count). The van der Waals surface area contributed by atoms with Crippen LogP contribution in [0.25, 0.3) is 0 Å². The third-order valence-corrected chi connectivity index (χ3v) is 3.37. The van der Waals surface area contributed by atoms with Crippen molar-refractivity contribution in [3.05, 3.63) is 28.2 Å². The van der Waals surface area contributed by atoms with Crippen LogP contribution in [0.15, 0.2) is 18.2 Å². The van der Waals surface area contributed by atoms with Crippen LogP contribution in [0.3, 0.4) is 0 Å². The lowest BCUT2D eigenvalue weighted by molar-refractivity contribution is 0.320. The molecule has 0 aliphatic carbocycles. The summed E-state index contributed by atoms with van der Waals surface area (Å²) >= 11 is 11.4. The van der Waals surface area contributed by atoms with Crippen molar-refractivity contribution in [2.45, 2.75) is 0 Å². The molecule has 0 bridgehead atoms. The van der Waals surface area contributed by atoms with E-state index in [4.69, 9.17) is 28.3 Å². The number of sulfonamides is 1. The molecule has 0 spiro atoms. The Labute approximate surface area is 97.9 Å². The van der Waals surface area contributed by atoms with Crippen LogP contribution >= 0.6 is 23.2 Å². The Morgan fingerprint density at radius 3 is 2.60 bits per heavy atom. The van der Waals surface area contributed by atoms with Crippen molar-refractivity contribution in [3.63, 3.8) is 0 Å². The predicted octanol–water partition coefficient (Wildman–Crippen LogP) is 1.73. The fourth-order valence-electron chi connectivity index (χ4n) is 0.914. The van der Waals surface area contributed by atoms with Crippen LogP contribution in [-0.2, 0) is 10.0 Å². The number of benzene rings is 1. The summed E-state index contributed by atoms with van der Waals surface area (Å²) in [6.07, 6.45) is 0. The SMILES string of the molecule is O=S(=O)(CCO)Nc1cc(Cl)ccc1Cl. The molecule has 0 amide bonds. The van der Waals surface area contributed by atoms with E-state index < -0.39 is 16.6 Å². The van der Waals surface area contributed by atoms with Gasteiger partial charge in [-0.25, -0.2) is 8.42 Å². The van der Waals surface area contributed by atoms with Gasteiger partial charge in [0.15, 0.2) is 0 Å². The highest BCUT2D eigenvalue weighted by atomic mass is 35.5. The number of anilines is 1. The second-order valence-electron chi connectivity index (χ2n) is 2.77. The topological polar surface area (TPSA) is 66.4 Å². The van der Waals surface area contributed by atoms with Gasteiger partial charge < -0.3 is 5.11 Å². The molecule has 0 saturated heterocycles. The molecular formula is C8H9Cl2NO3S. The molecule has 1 aromatic carbocycles. The average Bonchev–Trinajstić information content (AvgIpc) is 2.10. The first kappa shape index (κ1) is 12.6. The average molecular weight is 270 g/mol. The molecule has 0 saturated carbocycles. The third-order valence-electron chi connectivity index (χ3n) is 1.55. The molecule has 15 heavy (non-hydrogen) atoms. The van der Waals surface area contributed by atoms with E-state index in [1.165, 1.54) is 12.1 Å². The second-order valence-corrected chi connectivity index (χ2v) is 5.45. The van der Waals surface area contributed by atoms with E-state index in [9.17, 15) is 8.42 Å². The maximum absolute atomic E-state index is 11.3. The lowest BCUT2D eigenvalue weighted by atomic mass is 10.3. The number of hydrogen-bond acceptors (Lipinski definition) is 3. The Morgan fingerprint density at radius 2 is 2.00 bits per heavy atom. The van der Waals surface area contributed by atoms with Crippen LogP contribution in [0.5, 0.6) is 0 Å². The van der Waals surface area contributed by atoms with Crippen LogP contribution < -0.4 is 4.72 Å². The normalized spacial score (nSPS) is 11.4. The Hall–Kier alpha value is -0.490. The highest BCUT2D eigenvalue weighted by Gasteiger charge is 2.11. The highest BCUT2D eigenvalue weighted by molar-refractivity contribution is 7.92. The van der Waals surface area contributed by atoms with E-state index in [0.29, 0.717) is 5.02 Å². The lowest BCUT2D eigenvalue weighted by Gasteiger charge is -2.08. The zero-order chi connectivity index (χ0) is 11.5. The minimum Gasteiger partial charge on any atom is -0.395 e. The number of hydrogen-bond donors (Lipinski definition) is 2. The van der Waals surface area contributed by atoms with Crippen LogP contribution in [-0.4, -0.2) is 25.9 Å². The van der Waals surface area contributed by atoms with Crippen molar-refractivity contribution < 1.29 is 13.5 Å². The van der Waals surface area contributed by atoms with Crippen LogP contribution in [0, 0.1) is 0 Å². The Morgan fingerprint density at radius 1 is 1.33 bits per heavy atom. The van der Waals surface area contributed by atoms with Gasteiger partial charge in [-0.15, -0.1) is 0 Å². The van der Waals surface area contributed by atoms with Crippen molar-refractivity contribution >= 4 is 38.9 Å². The predicted molar refractivity (Wildman–Crippen MR) is 61.0 cm³/mol. The summed E-state index contributed by atoms with van der Waals surface area (Å²) in [5, 5.41) is 9.15. The van der Waals surface area contributed by atoms with Gasteiger partial charge in [-0.2, -0.15) is 0 Å². The third kappa shape index (κ3) is 3.87. The first-order chi connectivity index (χ1) is 6.94. The van der Waals surface area contributed by atoms with Crippen molar-refractivity contribution in [1.29, 1.82) is 0 Å². The minimum atomic E-state index is -3.57. The summed E-state index contributed by atoms with van der Waals surface area (Å²) in [7, 11) is -3.57. The number of aliphatic hydroxyl groups excluding tert-OH is 1. The van der Waals surface area contributed by atoms with E-state index in [2.05, 4.69) is 4.72 Å². The molecule has 0 atom stereocenters. The van der Waals surface area contributed by atoms with E-state index in [1.54, 1.807) is 6.07 Å². The van der Waals surface area contributed by atoms with E-state index >= 15 is 0 Å². The van der Waals surface area contributed by atoms with Crippen molar-refractivity contribution in [2.75, 3.05) is 17.1 Å². The molecule has 0 aliphatic rings. The van der Waals surface area contributed by atoms with Crippen molar-refractivity contribution in [2.24, 2.45) is 0 Å². The smallest absolute Gasteiger partial charge is 0.235 e. The lowest BCUT2D eigenvalue weighted by Crippen LogP contribution is -2.19. The maximum Gasteiger partial charge on any atom is 0.235 e. The standard InChI is InChI=1S/C8H9Cl2NO3S/c9-6-1-2-7(10)8(5-6)11-15(13,14)4-3-12/h1-2,5,11-12H,3-4H2. The zero-order valence-corrected chi connectivity index (χ0v) is 9.90. The molecule has 84 valence electrons. The molecule has 4 nitrogen and oxygen atoms in total.